The first-order valence-corrected chi connectivity index (χ1v) is 8.87. The molecule has 25 heavy (non-hydrogen) atoms. The summed E-state index contributed by atoms with van der Waals surface area (Å²) >= 11 is 7.40. The molecule has 1 aromatic carbocycles. The second kappa shape index (κ2) is 6.42. The van der Waals surface area contributed by atoms with Crippen molar-refractivity contribution in [1.29, 1.82) is 0 Å². The molecule has 0 atom stereocenters. The fraction of sp³-hybridized carbons (Fsp3) is 0.118. The highest BCUT2D eigenvalue weighted by Crippen LogP contribution is 2.28. The number of nitrogens with zero attached hydrogens (tertiary/aromatic N) is 3. The number of amides is 1. The van der Waals surface area contributed by atoms with Gasteiger partial charge in [0.1, 0.15) is 11.4 Å². The zero-order chi connectivity index (χ0) is 17.4. The number of rotatable bonds is 4. The maximum absolute atomic E-state index is 12.3. The zero-order valence-corrected chi connectivity index (χ0v) is 14.8. The smallest absolute Gasteiger partial charge is 0.234 e. The summed E-state index contributed by atoms with van der Waals surface area (Å²) in [5.41, 5.74) is 4.10. The SMILES string of the molecule is Cc1c(Cl)cccc1NC(=O)CSc1nncn2c1cc1occc12. The first-order valence-electron chi connectivity index (χ1n) is 7.51. The number of fused-ring (bicyclic) bond motifs is 3. The van der Waals surface area contributed by atoms with Gasteiger partial charge in [-0.2, -0.15) is 0 Å². The lowest BCUT2D eigenvalue weighted by molar-refractivity contribution is -0.113. The topological polar surface area (TPSA) is 72.4 Å². The highest BCUT2D eigenvalue weighted by atomic mass is 35.5. The number of hydrogen-bond donors (Lipinski definition) is 1. The van der Waals surface area contributed by atoms with E-state index < -0.39 is 0 Å². The van der Waals surface area contributed by atoms with Crippen LogP contribution in [0.25, 0.3) is 16.6 Å². The van der Waals surface area contributed by atoms with Gasteiger partial charge in [0.25, 0.3) is 0 Å². The maximum Gasteiger partial charge on any atom is 0.234 e. The molecule has 6 nitrogen and oxygen atoms in total. The summed E-state index contributed by atoms with van der Waals surface area (Å²) in [7, 11) is 0. The molecule has 0 aliphatic heterocycles. The average Bonchev–Trinajstić information content (AvgIpc) is 3.18. The van der Waals surface area contributed by atoms with Crippen LogP contribution in [0.2, 0.25) is 5.02 Å². The molecular formula is C17H13ClN4O2S. The summed E-state index contributed by atoms with van der Waals surface area (Å²) in [6, 6.07) is 9.18. The third-order valence-corrected chi connectivity index (χ3v) is 5.26. The Labute approximate surface area is 152 Å². The predicted octanol–water partition coefficient (Wildman–Crippen LogP) is 4.17. The van der Waals surface area contributed by atoms with Gasteiger partial charge < -0.3 is 9.73 Å². The highest BCUT2D eigenvalue weighted by molar-refractivity contribution is 8.00. The van der Waals surface area contributed by atoms with Crippen LogP contribution in [0.5, 0.6) is 0 Å². The Kier molecular flexibility index (Phi) is 4.10. The zero-order valence-electron chi connectivity index (χ0n) is 13.2. The van der Waals surface area contributed by atoms with E-state index in [1.54, 1.807) is 24.7 Å². The number of benzene rings is 1. The molecule has 1 N–H and O–H groups in total. The number of aromatic nitrogens is 3. The van der Waals surface area contributed by atoms with Crippen molar-refractivity contribution in [3.05, 3.63) is 53.5 Å². The van der Waals surface area contributed by atoms with Crippen molar-refractivity contribution < 1.29 is 9.21 Å². The summed E-state index contributed by atoms with van der Waals surface area (Å²) < 4.78 is 7.31. The van der Waals surface area contributed by atoms with Crippen molar-refractivity contribution >= 4 is 51.6 Å². The molecule has 4 rings (SSSR count). The van der Waals surface area contributed by atoms with E-state index in [9.17, 15) is 4.79 Å². The van der Waals surface area contributed by atoms with Gasteiger partial charge in [0, 0.05) is 22.8 Å². The Morgan fingerprint density at radius 3 is 3.12 bits per heavy atom. The van der Waals surface area contributed by atoms with Crippen LogP contribution in [-0.2, 0) is 4.79 Å². The largest absolute Gasteiger partial charge is 0.463 e. The summed E-state index contributed by atoms with van der Waals surface area (Å²) in [6.07, 6.45) is 3.26. The molecule has 0 bridgehead atoms. The van der Waals surface area contributed by atoms with E-state index in [1.165, 1.54) is 11.8 Å². The molecule has 0 saturated carbocycles. The van der Waals surface area contributed by atoms with Crippen molar-refractivity contribution in [1.82, 2.24) is 14.6 Å². The van der Waals surface area contributed by atoms with Crippen molar-refractivity contribution in [3.63, 3.8) is 0 Å². The van der Waals surface area contributed by atoms with E-state index in [-0.39, 0.29) is 11.7 Å². The Hall–Kier alpha value is -2.51. The molecule has 3 heterocycles. The minimum atomic E-state index is -0.130. The Morgan fingerprint density at radius 1 is 1.36 bits per heavy atom. The number of halogens is 1. The molecule has 0 radical (unpaired) electrons. The van der Waals surface area contributed by atoms with Crippen LogP contribution in [0, 0.1) is 6.92 Å². The number of carbonyl (C=O) groups is 1. The number of anilines is 1. The first kappa shape index (κ1) is 16.0. The fourth-order valence-electron chi connectivity index (χ4n) is 2.58. The Morgan fingerprint density at radius 2 is 2.24 bits per heavy atom. The molecule has 4 aromatic rings. The molecular weight excluding hydrogens is 360 g/mol. The van der Waals surface area contributed by atoms with Gasteiger partial charge in [-0.05, 0) is 24.6 Å². The summed E-state index contributed by atoms with van der Waals surface area (Å²) in [4.78, 5) is 12.3. The maximum atomic E-state index is 12.3. The minimum absolute atomic E-state index is 0.130. The molecule has 0 saturated heterocycles. The van der Waals surface area contributed by atoms with Gasteiger partial charge in [0.15, 0.2) is 5.58 Å². The predicted molar refractivity (Wildman–Crippen MR) is 98.3 cm³/mol. The van der Waals surface area contributed by atoms with Crippen LogP contribution < -0.4 is 5.32 Å². The van der Waals surface area contributed by atoms with Crippen LogP contribution in [-0.4, -0.2) is 26.3 Å². The van der Waals surface area contributed by atoms with Gasteiger partial charge in [-0.25, -0.2) is 0 Å². The van der Waals surface area contributed by atoms with Crippen molar-refractivity contribution in [2.45, 2.75) is 11.9 Å². The van der Waals surface area contributed by atoms with E-state index in [1.807, 2.05) is 29.5 Å². The van der Waals surface area contributed by atoms with E-state index in [0.29, 0.717) is 15.7 Å². The molecule has 126 valence electrons. The van der Waals surface area contributed by atoms with Gasteiger partial charge in [-0.15, -0.1) is 10.2 Å². The Balaban J connectivity index is 1.52. The Bertz CT molecular complexity index is 1090. The van der Waals surface area contributed by atoms with Gasteiger partial charge in [-0.3, -0.25) is 9.20 Å². The van der Waals surface area contributed by atoms with Crippen molar-refractivity contribution in [2.24, 2.45) is 0 Å². The van der Waals surface area contributed by atoms with Crippen LogP contribution in [0.15, 0.2) is 52.4 Å². The molecule has 8 heteroatoms. The molecule has 0 fully saturated rings. The average molecular weight is 373 g/mol. The van der Waals surface area contributed by atoms with Crippen LogP contribution in [0.4, 0.5) is 5.69 Å². The van der Waals surface area contributed by atoms with Gasteiger partial charge in [0.05, 0.1) is 23.0 Å². The second-order valence-electron chi connectivity index (χ2n) is 5.46. The van der Waals surface area contributed by atoms with Gasteiger partial charge in [-0.1, -0.05) is 29.4 Å². The van der Waals surface area contributed by atoms with Crippen molar-refractivity contribution in [2.75, 3.05) is 11.1 Å². The number of thioether (sulfide) groups is 1. The molecule has 3 aromatic heterocycles. The van der Waals surface area contributed by atoms with E-state index in [4.69, 9.17) is 16.0 Å². The number of furan rings is 1. The van der Waals surface area contributed by atoms with Crippen LogP contribution in [0.1, 0.15) is 5.56 Å². The quantitative estimate of drug-likeness (QED) is 0.544. The normalized spacial score (nSPS) is 11.3. The monoisotopic (exact) mass is 372 g/mol. The standard InChI is InChI=1S/C17H13ClN4O2S/c1-10-11(18)3-2-4-12(10)20-16(23)8-25-17-14-7-15-13(5-6-24-15)22(14)9-19-21-17/h2-7,9H,8H2,1H3,(H,20,23). The number of hydrogen-bond acceptors (Lipinski definition) is 5. The summed E-state index contributed by atoms with van der Waals surface area (Å²) in [5, 5.41) is 12.3. The molecule has 0 unspecified atom stereocenters. The lowest BCUT2D eigenvalue weighted by Crippen LogP contribution is -2.15. The lowest BCUT2D eigenvalue weighted by Gasteiger charge is -2.09. The first-order chi connectivity index (χ1) is 12.1. The third-order valence-electron chi connectivity index (χ3n) is 3.88. The summed E-state index contributed by atoms with van der Waals surface area (Å²) in [6.45, 7) is 1.87. The molecule has 0 aliphatic carbocycles. The van der Waals surface area contributed by atoms with E-state index >= 15 is 0 Å². The lowest BCUT2D eigenvalue weighted by atomic mass is 10.2. The van der Waals surface area contributed by atoms with E-state index in [2.05, 4.69) is 15.5 Å². The van der Waals surface area contributed by atoms with E-state index in [0.717, 1.165) is 22.2 Å². The number of carbonyl (C=O) groups excluding carboxylic acids is 1. The molecule has 1 amide bonds. The minimum Gasteiger partial charge on any atom is -0.463 e. The fourth-order valence-corrected chi connectivity index (χ4v) is 3.51. The van der Waals surface area contributed by atoms with Gasteiger partial charge >= 0.3 is 0 Å². The van der Waals surface area contributed by atoms with Crippen LogP contribution >= 0.6 is 23.4 Å². The molecule has 0 spiro atoms. The van der Waals surface area contributed by atoms with Crippen LogP contribution in [0.3, 0.4) is 0 Å². The third kappa shape index (κ3) is 2.96. The highest BCUT2D eigenvalue weighted by Gasteiger charge is 2.13. The number of nitrogens with one attached hydrogen (secondary N) is 1. The van der Waals surface area contributed by atoms with Crippen molar-refractivity contribution in [3.8, 4) is 0 Å². The molecule has 0 aliphatic rings. The summed E-state index contributed by atoms with van der Waals surface area (Å²) in [5.74, 6) is 0.0850. The second-order valence-corrected chi connectivity index (χ2v) is 6.83. The van der Waals surface area contributed by atoms with Gasteiger partial charge in [0.2, 0.25) is 5.91 Å².